The zero-order valence-electron chi connectivity index (χ0n) is 16.5. The molecule has 144 valence electrons. The van der Waals surface area contributed by atoms with Gasteiger partial charge >= 0.3 is 12.1 Å². The van der Waals surface area contributed by atoms with Crippen molar-refractivity contribution in [2.24, 2.45) is 0 Å². The highest BCUT2D eigenvalue weighted by Crippen LogP contribution is 2.23. The molecule has 0 fully saturated rings. The maximum Gasteiger partial charge on any atom is 0.408 e. The molecule has 0 saturated heterocycles. The van der Waals surface area contributed by atoms with Crippen molar-refractivity contribution >= 4 is 12.1 Å². The molecule has 5 heteroatoms. The van der Waals surface area contributed by atoms with E-state index in [2.05, 4.69) is 37.4 Å². The molecule has 0 heterocycles. The Morgan fingerprint density at radius 3 is 2.11 bits per heavy atom. The Bertz CT molecular complexity index is 819. The number of hydrogen-bond acceptors (Lipinski definition) is 3. The van der Waals surface area contributed by atoms with Crippen molar-refractivity contribution in [1.29, 1.82) is 0 Å². The highest BCUT2D eigenvalue weighted by molar-refractivity contribution is 5.80. The Balaban J connectivity index is 2.09. The number of alkyl carbamates (subject to hydrolysis) is 1. The predicted octanol–water partition coefficient (Wildman–Crippen LogP) is 4.49. The Kier molecular flexibility index (Phi) is 6.26. The van der Waals surface area contributed by atoms with E-state index in [1.165, 1.54) is 11.1 Å². The average Bonchev–Trinajstić information content (AvgIpc) is 2.55. The maximum atomic E-state index is 11.9. The van der Waals surface area contributed by atoms with Crippen molar-refractivity contribution in [2.75, 3.05) is 0 Å². The Labute approximate surface area is 160 Å². The molecule has 0 aromatic heterocycles. The fourth-order valence-electron chi connectivity index (χ4n) is 2.64. The largest absolute Gasteiger partial charge is 0.480 e. The summed E-state index contributed by atoms with van der Waals surface area (Å²) in [6.07, 6.45) is -0.552. The first kappa shape index (κ1) is 20.5. The van der Waals surface area contributed by atoms with Gasteiger partial charge in [-0.05, 0) is 62.4 Å². The Hall–Kier alpha value is -2.82. The molecule has 2 aromatic carbocycles. The zero-order valence-corrected chi connectivity index (χ0v) is 16.5. The summed E-state index contributed by atoms with van der Waals surface area (Å²) in [6, 6.07) is 12.9. The molecule has 0 radical (unpaired) electrons. The van der Waals surface area contributed by atoms with Crippen LogP contribution in [0.5, 0.6) is 0 Å². The van der Waals surface area contributed by atoms with Crippen molar-refractivity contribution in [3.63, 3.8) is 0 Å². The SMILES string of the molecule is Cc1ccc(-c2ccc(CC(NC(=O)OC(C)(C)C)C(=O)O)cc2)cc1C. The average molecular weight is 369 g/mol. The first-order valence-electron chi connectivity index (χ1n) is 8.94. The van der Waals surface area contributed by atoms with E-state index in [1.54, 1.807) is 20.8 Å². The van der Waals surface area contributed by atoms with Crippen LogP contribution in [0.2, 0.25) is 0 Å². The van der Waals surface area contributed by atoms with Gasteiger partial charge in [0.25, 0.3) is 0 Å². The van der Waals surface area contributed by atoms with Crippen molar-refractivity contribution in [3.05, 3.63) is 59.2 Å². The third kappa shape index (κ3) is 6.13. The summed E-state index contributed by atoms with van der Waals surface area (Å²) in [5, 5.41) is 11.8. The van der Waals surface area contributed by atoms with Crippen LogP contribution in [0.15, 0.2) is 42.5 Å². The van der Waals surface area contributed by atoms with Gasteiger partial charge in [-0.3, -0.25) is 0 Å². The molecule has 0 aliphatic heterocycles. The number of carbonyl (C=O) groups excluding carboxylic acids is 1. The lowest BCUT2D eigenvalue weighted by Gasteiger charge is -2.22. The van der Waals surface area contributed by atoms with Crippen molar-refractivity contribution < 1.29 is 19.4 Å². The molecule has 0 aliphatic rings. The number of amides is 1. The van der Waals surface area contributed by atoms with E-state index in [4.69, 9.17) is 4.74 Å². The van der Waals surface area contributed by atoms with Gasteiger partial charge in [0.05, 0.1) is 0 Å². The van der Waals surface area contributed by atoms with Crippen molar-refractivity contribution in [3.8, 4) is 11.1 Å². The van der Waals surface area contributed by atoms with Gasteiger partial charge in [0.15, 0.2) is 0 Å². The number of rotatable bonds is 5. The molecular weight excluding hydrogens is 342 g/mol. The van der Waals surface area contributed by atoms with Gasteiger partial charge in [-0.1, -0.05) is 42.5 Å². The summed E-state index contributed by atoms with van der Waals surface area (Å²) in [6.45, 7) is 9.34. The van der Waals surface area contributed by atoms with Gasteiger partial charge in [-0.25, -0.2) is 9.59 Å². The molecule has 5 nitrogen and oxygen atoms in total. The second-order valence-corrected chi connectivity index (χ2v) is 7.74. The van der Waals surface area contributed by atoms with Crippen LogP contribution in [0.1, 0.15) is 37.5 Å². The smallest absolute Gasteiger partial charge is 0.408 e. The third-order valence-corrected chi connectivity index (χ3v) is 4.22. The van der Waals surface area contributed by atoms with Gasteiger partial charge in [0, 0.05) is 6.42 Å². The summed E-state index contributed by atoms with van der Waals surface area (Å²) < 4.78 is 5.14. The van der Waals surface area contributed by atoms with E-state index in [9.17, 15) is 14.7 Å². The van der Waals surface area contributed by atoms with Gasteiger partial charge in [0.2, 0.25) is 0 Å². The van der Waals surface area contributed by atoms with Crippen LogP contribution < -0.4 is 5.32 Å². The monoisotopic (exact) mass is 369 g/mol. The summed E-state index contributed by atoms with van der Waals surface area (Å²) in [5.74, 6) is -1.10. The number of aliphatic carboxylic acids is 1. The normalized spacial score (nSPS) is 12.3. The van der Waals surface area contributed by atoms with Crippen molar-refractivity contribution in [2.45, 2.75) is 52.7 Å². The minimum atomic E-state index is -1.10. The first-order chi connectivity index (χ1) is 12.5. The molecule has 1 atom stereocenters. The quantitative estimate of drug-likeness (QED) is 0.814. The molecule has 0 saturated carbocycles. The summed E-state index contributed by atoms with van der Waals surface area (Å²) >= 11 is 0. The lowest BCUT2D eigenvalue weighted by molar-refractivity contribution is -0.139. The Morgan fingerprint density at radius 1 is 1.00 bits per heavy atom. The van der Waals surface area contributed by atoms with E-state index < -0.39 is 23.7 Å². The van der Waals surface area contributed by atoms with Crippen LogP contribution in [0.25, 0.3) is 11.1 Å². The van der Waals surface area contributed by atoms with E-state index >= 15 is 0 Å². The van der Waals surface area contributed by atoms with Crippen LogP contribution in [0.3, 0.4) is 0 Å². The van der Waals surface area contributed by atoms with Crippen LogP contribution in [0.4, 0.5) is 4.79 Å². The number of hydrogen-bond donors (Lipinski definition) is 2. The fraction of sp³-hybridized carbons (Fsp3) is 0.364. The third-order valence-electron chi connectivity index (χ3n) is 4.22. The van der Waals surface area contributed by atoms with E-state index in [0.717, 1.165) is 16.7 Å². The van der Waals surface area contributed by atoms with Gasteiger partial charge in [-0.15, -0.1) is 0 Å². The molecule has 2 N–H and O–H groups in total. The molecular formula is C22H27NO4. The molecule has 2 rings (SSSR count). The van der Waals surface area contributed by atoms with Crippen LogP contribution in [-0.2, 0) is 16.0 Å². The minimum Gasteiger partial charge on any atom is -0.480 e. The number of benzene rings is 2. The number of carboxylic acids is 1. The fourth-order valence-corrected chi connectivity index (χ4v) is 2.64. The molecule has 0 bridgehead atoms. The summed E-state index contributed by atoms with van der Waals surface area (Å²) in [4.78, 5) is 23.4. The van der Waals surface area contributed by atoms with Crippen LogP contribution in [0, 0.1) is 13.8 Å². The summed E-state index contributed by atoms with van der Waals surface area (Å²) in [7, 11) is 0. The standard InChI is InChI=1S/C22H27NO4/c1-14-6-9-18(12-15(14)2)17-10-7-16(8-11-17)13-19(20(24)25)23-21(26)27-22(3,4)5/h6-12,19H,13H2,1-5H3,(H,23,26)(H,24,25). The molecule has 0 aliphatic carbocycles. The lowest BCUT2D eigenvalue weighted by Crippen LogP contribution is -2.44. The number of nitrogens with one attached hydrogen (secondary N) is 1. The molecule has 27 heavy (non-hydrogen) atoms. The van der Waals surface area contributed by atoms with E-state index in [0.29, 0.717) is 0 Å². The number of carbonyl (C=O) groups is 2. The summed E-state index contributed by atoms with van der Waals surface area (Å²) in [5.41, 5.74) is 4.80. The second kappa shape index (κ2) is 8.25. The number of carboxylic acid groups (broad SMARTS) is 1. The molecule has 1 unspecified atom stereocenters. The van der Waals surface area contributed by atoms with Gasteiger partial charge in [0.1, 0.15) is 11.6 Å². The maximum absolute atomic E-state index is 11.9. The highest BCUT2D eigenvalue weighted by atomic mass is 16.6. The molecule has 2 aromatic rings. The first-order valence-corrected chi connectivity index (χ1v) is 8.94. The highest BCUT2D eigenvalue weighted by Gasteiger charge is 2.24. The van der Waals surface area contributed by atoms with Crippen LogP contribution in [-0.4, -0.2) is 28.8 Å². The number of ether oxygens (including phenoxy) is 1. The second-order valence-electron chi connectivity index (χ2n) is 7.74. The number of aryl methyl sites for hydroxylation is 2. The van der Waals surface area contributed by atoms with Gasteiger partial charge < -0.3 is 15.2 Å². The van der Waals surface area contributed by atoms with Gasteiger partial charge in [-0.2, -0.15) is 0 Å². The van der Waals surface area contributed by atoms with E-state index in [1.807, 2.05) is 24.3 Å². The minimum absolute atomic E-state index is 0.182. The predicted molar refractivity (Wildman–Crippen MR) is 106 cm³/mol. The zero-order chi connectivity index (χ0) is 20.2. The van der Waals surface area contributed by atoms with E-state index in [-0.39, 0.29) is 6.42 Å². The lowest BCUT2D eigenvalue weighted by atomic mass is 9.98. The van der Waals surface area contributed by atoms with Crippen molar-refractivity contribution in [1.82, 2.24) is 5.32 Å². The topological polar surface area (TPSA) is 75.6 Å². The van der Waals surface area contributed by atoms with Crippen LogP contribution >= 0.6 is 0 Å². The molecule has 0 spiro atoms. The Morgan fingerprint density at radius 2 is 1.59 bits per heavy atom. The molecule has 1 amide bonds.